The van der Waals surface area contributed by atoms with Crippen molar-refractivity contribution >= 4 is 62.8 Å². The zero-order chi connectivity index (χ0) is 43.4. The monoisotopic (exact) mass is 814 g/mol. The number of alkyl halides is 9. The second-order valence-electron chi connectivity index (χ2n) is 11.3. The second kappa shape index (κ2) is 19.3. The lowest BCUT2D eigenvalue weighted by Gasteiger charge is -2.12. The average molecular weight is 815 g/mol. The lowest BCUT2D eigenvalue weighted by Crippen LogP contribution is -2.28. The number of nitrogens with one attached hydrogen (secondary N) is 2. The van der Waals surface area contributed by atoms with Crippen molar-refractivity contribution in [3.05, 3.63) is 130 Å². The van der Waals surface area contributed by atoms with Crippen molar-refractivity contribution in [1.29, 1.82) is 0 Å². The summed E-state index contributed by atoms with van der Waals surface area (Å²) in [4.78, 5) is 41.1. The number of ether oxygens (including phenoxy) is 1. The van der Waals surface area contributed by atoms with Gasteiger partial charge in [0.15, 0.2) is 22.7 Å². The molecular formula is C36H28ClF9N6O4. The van der Waals surface area contributed by atoms with E-state index < -0.39 is 74.9 Å². The molecule has 4 rings (SSSR count). The van der Waals surface area contributed by atoms with Crippen molar-refractivity contribution < 1.29 is 58.6 Å². The van der Waals surface area contributed by atoms with Crippen LogP contribution in [0.1, 0.15) is 37.5 Å². The number of nitrogen functional groups attached to an aromatic ring is 1. The molecule has 1 fully saturated rings. The van der Waals surface area contributed by atoms with Gasteiger partial charge < -0.3 is 21.1 Å². The predicted molar refractivity (Wildman–Crippen MR) is 190 cm³/mol. The van der Waals surface area contributed by atoms with Gasteiger partial charge in [-0.15, -0.1) is 0 Å². The summed E-state index contributed by atoms with van der Waals surface area (Å²) in [6.45, 7) is 31.3. The number of nitrogens with two attached hydrogens (primary N) is 1. The first kappa shape index (κ1) is 47.7. The number of halogens is 10. The number of hydrogen-bond acceptors (Lipinski definition) is 5. The molecule has 10 nitrogen and oxygen atoms in total. The molecule has 1 aliphatic rings. The Labute approximate surface area is 318 Å². The fraction of sp³-hybridized carbons (Fsp3) is 0.222. The van der Waals surface area contributed by atoms with E-state index in [0.717, 1.165) is 36.4 Å². The fourth-order valence-corrected chi connectivity index (χ4v) is 3.50. The summed E-state index contributed by atoms with van der Waals surface area (Å²) in [5.74, 6) is -1.07. The zero-order valence-corrected chi connectivity index (χ0v) is 29.9. The maximum atomic E-state index is 12.7. The summed E-state index contributed by atoms with van der Waals surface area (Å²) >= 11 is 4.87. The van der Waals surface area contributed by atoms with Crippen molar-refractivity contribution in [2.45, 2.75) is 44.9 Å². The number of amides is 2. The van der Waals surface area contributed by atoms with Gasteiger partial charge in [-0.2, -0.15) is 39.5 Å². The molecule has 0 spiro atoms. The van der Waals surface area contributed by atoms with E-state index in [-0.39, 0.29) is 29.2 Å². The topological polar surface area (TPSA) is 127 Å². The maximum absolute atomic E-state index is 12.7. The zero-order valence-electron chi connectivity index (χ0n) is 29.1. The quantitative estimate of drug-likeness (QED) is 0.0590. The molecule has 1 heterocycles. The minimum atomic E-state index is -4.64. The van der Waals surface area contributed by atoms with Crippen LogP contribution in [0.3, 0.4) is 0 Å². The molecule has 20 heteroatoms. The number of benzene rings is 3. The molecule has 0 aromatic heterocycles. The van der Waals surface area contributed by atoms with E-state index in [1.54, 1.807) is 13.8 Å². The molecule has 0 aliphatic carbocycles. The van der Waals surface area contributed by atoms with E-state index in [2.05, 4.69) is 38.3 Å². The van der Waals surface area contributed by atoms with Crippen LogP contribution in [0.25, 0.3) is 14.5 Å². The van der Waals surface area contributed by atoms with E-state index in [4.69, 9.17) is 41.8 Å². The molecule has 296 valence electrons. The van der Waals surface area contributed by atoms with Crippen molar-refractivity contribution in [3.63, 3.8) is 0 Å². The minimum Gasteiger partial charge on any atom is -0.399 e. The molecule has 3 aromatic carbocycles. The van der Waals surface area contributed by atoms with Gasteiger partial charge >= 0.3 is 18.5 Å². The smallest absolute Gasteiger partial charge is 0.399 e. The van der Waals surface area contributed by atoms with Crippen LogP contribution in [0.2, 0.25) is 0 Å². The molecule has 0 saturated carbocycles. The van der Waals surface area contributed by atoms with Gasteiger partial charge in [0.05, 0.1) is 43.0 Å². The molecule has 1 unspecified atom stereocenters. The van der Waals surface area contributed by atoms with Crippen molar-refractivity contribution in [1.82, 2.24) is 0 Å². The van der Waals surface area contributed by atoms with Crippen molar-refractivity contribution in [3.8, 4) is 0 Å². The molecule has 1 saturated heterocycles. The molecule has 1 atom stereocenters. The second-order valence-corrected chi connectivity index (χ2v) is 11.7. The third-order valence-corrected chi connectivity index (χ3v) is 6.91. The molecular weight excluding hydrogens is 787 g/mol. The van der Waals surface area contributed by atoms with Crippen LogP contribution in [0, 0.1) is 19.7 Å². The molecule has 56 heavy (non-hydrogen) atoms. The standard InChI is InChI=1S/C12H9F3N2O2.C12H9F3N2O.C8H5F3N2.C4H5ClO/c1-11(6-19-11)10(18)17-7-3-4-9(16-2)8(5-7)12(13,14)15;1-7(2)11(18)17-8-4-5-10(16-3)9(6-8)12(13,14)15;1-13-7-3-2-5(12)4-6(7)8(9,10)11;1-3(2)4(5)6/h3-5H,6H2,1H3,(H,17,18);4-6H,1H2,2H3,(H,17,18);2-4H,12H2;1H2,2H3. The number of nitrogens with zero attached hydrogens (tertiary/aromatic N) is 3. The Morgan fingerprint density at radius 2 is 1.05 bits per heavy atom. The summed E-state index contributed by atoms with van der Waals surface area (Å²) in [5, 5.41) is 4.14. The summed E-state index contributed by atoms with van der Waals surface area (Å²) in [5.41, 5.74) is 0.184. The number of epoxide rings is 1. The van der Waals surface area contributed by atoms with Crippen LogP contribution >= 0.6 is 11.6 Å². The summed E-state index contributed by atoms with van der Waals surface area (Å²) < 4.78 is 118. The Balaban J connectivity index is 0.000000397. The van der Waals surface area contributed by atoms with E-state index in [9.17, 15) is 53.9 Å². The number of rotatable bonds is 5. The Hall–Kier alpha value is -6.36. The highest BCUT2D eigenvalue weighted by atomic mass is 35.5. The molecule has 0 radical (unpaired) electrons. The predicted octanol–water partition coefficient (Wildman–Crippen LogP) is 10.9. The third-order valence-electron chi connectivity index (χ3n) is 6.59. The minimum absolute atomic E-state index is 0.000255. The van der Waals surface area contributed by atoms with Gasteiger partial charge in [0.25, 0.3) is 11.8 Å². The maximum Gasteiger partial charge on any atom is 0.407 e. The first-order chi connectivity index (χ1) is 25.6. The van der Waals surface area contributed by atoms with Crippen LogP contribution in [-0.4, -0.2) is 29.3 Å². The van der Waals surface area contributed by atoms with E-state index in [1.165, 1.54) is 25.1 Å². The average Bonchev–Trinajstić information content (AvgIpc) is 3.86. The Kier molecular flexibility index (Phi) is 16.4. The molecule has 1 aliphatic heterocycles. The van der Waals surface area contributed by atoms with Crippen LogP contribution in [0.15, 0.2) is 78.9 Å². The first-order valence-electron chi connectivity index (χ1n) is 14.9. The summed E-state index contributed by atoms with van der Waals surface area (Å²) in [6.07, 6.45) is -13.8. The van der Waals surface area contributed by atoms with Crippen LogP contribution < -0.4 is 16.4 Å². The SMILES string of the molecule is C=C(C)C(=O)Cl.[C-]#[N+]c1ccc(N)cc1C(F)(F)F.[C-]#[N+]c1ccc(NC(=O)C(=C)C)cc1C(F)(F)F.[C-]#[N+]c1ccc(NC(=O)C2(C)CO2)cc1C(F)(F)F. The Bertz CT molecular complexity index is 2110. The van der Waals surface area contributed by atoms with Crippen LogP contribution in [0.4, 0.5) is 73.6 Å². The van der Waals surface area contributed by atoms with Gasteiger partial charge in [-0.3, -0.25) is 14.4 Å². The highest BCUT2D eigenvalue weighted by Crippen LogP contribution is 2.40. The van der Waals surface area contributed by atoms with Gasteiger partial charge in [-0.1, -0.05) is 31.4 Å². The Morgan fingerprint density at radius 3 is 1.36 bits per heavy atom. The molecule has 3 aromatic rings. The number of carbonyl (C=O) groups excluding carboxylic acids is 3. The van der Waals surface area contributed by atoms with Gasteiger partial charge in [0.2, 0.25) is 5.24 Å². The molecule has 4 N–H and O–H groups in total. The van der Waals surface area contributed by atoms with Crippen LogP contribution in [0.5, 0.6) is 0 Å². The lowest BCUT2D eigenvalue weighted by atomic mass is 10.1. The lowest BCUT2D eigenvalue weighted by molar-refractivity contribution is -0.137. The first-order valence-corrected chi connectivity index (χ1v) is 15.3. The molecule has 2 amide bonds. The summed E-state index contributed by atoms with van der Waals surface area (Å²) in [7, 11) is 0. The van der Waals surface area contributed by atoms with E-state index in [0.29, 0.717) is 5.57 Å². The largest absolute Gasteiger partial charge is 0.407 e. The van der Waals surface area contributed by atoms with Gasteiger partial charge in [0.1, 0.15) is 0 Å². The number of allylic oxidation sites excluding steroid dienone is 1. The highest BCUT2D eigenvalue weighted by Gasteiger charge is 2.47. The van der Waals surface area contributed by atoms with Gasteiger partial charge in [-0.05, 0) is 68.8 Å². The normalized spacial score (nSPS) is 14.1. The number of carbonyl (C=O) groups is 3. The molecule has 0 bridgehead atoms. The Morgan fingerprint density at radius 1 is 0.714 bits per heavy atom. The number of anilines is 3. The fourth-order valence-electron chi connectivity index (χ4n) is 3.50. The highest BCUT2D eigenvalue weighted by molar-refractivity contribution is 6.67. The van der Waals surface area contributed by atoms with Crippen LogP contribution in [-0.2, 0) is 37.6 Å². The van der Waals surface area contributed by atoms with E-state index in [1.807, 2.05) is 0 Å². The third kappa shape index (κ3) is 14.8. The van der Waals surface area contributed by atoms with Crippen molar-refractivity contribution in [2.24, 2.45) is 0 Å². The van der Waals surface area contributed by atoms with Crippen molar-refractivity contribution in [2.75, 3.05) is 23.0 Å². The van der Waals surface area contributed by atoms with Gasteiger partial charge in [0, 0.05) is 28.2 Å². The summed E-state index contributed by atoms with van der Waals surface area (Å²) in [6, 6.07) is 9.10. The number of hydrogen-bond donors (Lipinski definition) is 3. The van der Waals surface area contributed by atoms with E-state index >= 15 is 0 Å². The van der Waals surface area contributed by atoms with Gasteiger partial charge in [-0.25, -0.2) is 14.5 Å².